The average Bonchev–Trinajstić information content (AvgIpc) is 3.36. The number of rotatable bonds is 6. The van der Waals surface area contributed by atoms with E-state index in [-0.39, 0.29) is 18.5 Å². The lowest BCUT2D eigenvalue weighted by Crippen LogP contribution is -2.37. The molecule has 0 bridgehead atoms. The summed E-state index contributed by atoms with van der Waals surface area (Å²) in [5.41, 5.74) is 3.38. The van der Waals surface area contributed by atoms with Gasteiger partial charge in [-0.1, -0.05) is 65.2 Å². The van der Waals surface area contributed by atoms with Gasteiger partial charge >= 0.3 is 0 Å². The van der Waals surface area contributed by atoms with Crippen LogP contribution in [0.4, 0.5) is 11.6 Å². The van der Waals surface area contributed by atoms with Crippen LogP contribution in [0.15, 0.2) is 84.9 Å². The van der Waals surface area contributed by atoms with E-state index >= 15 is 0 Å². The fourth-order valence-electron chi connectivity index (χ4n) is 3.93. The number of benzene rings is 3. The van der Waals surface area contributed by atoms with E-state index in [4.69, 9.17) is 16.3 Å². The minimum atomic E-state index is -0.227. The van der Waals surface area contributed by atoms with Gasteiger partial charge in [-0.15, -0.1) is 0 Å². The fourth-order valence-corrected chi connectivity index (χ4v) is 4.05. The zero-order valence-electron chi connectivity index (χ0n) is 18.3. The molecule has 0 aliphatic carbocycles. The molecule has 34 heavy (non-hydrogen) atoms. The van der Waals surface area contributed by atoms with Crippen LogP contribution in [-0.4, -0.2) is 39.8 Å². The summed E-state index contributed by atoms with van der Waals surface area (Å²) in [6.07, 6.45) is 2.06. The van der Waals surface area contributed by atoms with Crippen molar-refractivity contribution in [2.75, 3.05) is 23.9 Å². The van der Waals surface area contributed by atoms with Crippen molar-refractivity contribution < 1.29 is 9.53 Å². The maximum Gasteiger partial charge on any atom is 0.251 e. The van der Waals surface area contributed by atoms with Gasteiger partial charge in [0.25, 0.3) is 5.95 Å². The van der Waals surface area contributed by atoms with Crippen molar-refractivity contribution in [1.82, 2.24) is 20.2 Å². The van der Waals surface area contributed by atoms with Crippen molar-refractivity contribution in [3.63, 3.8) is 0 Å². The molecule has 4 aromatic rings. The zero-order chi connectivity index (χ0) is 23.5. The molecule has 0 unspecified atom stereocenters. The van der Waals surface area contributed by atoms with Crippen molar-refractivity contribution in [2.24, 2.45) is 0 Å². The topological polar surface area (TPSA) is 85.2 Å². The number of aromatic nitrogens is 4. The monoisotopic (exact) mass is 472 g/mol. The number of halogens is 1. The summed E-state index contributed by atoms with van der Waals surface area (Å²) in [7, 11) is 1.58. The number of hydrogen-bond donors (Lipinski definition) is 1. The number of ether oxygens (including phenoxy) is 1. The number of methoxy groups -OCH3 is 1. The van der Waals surface area contributed by atoms with Gasteiger partial charge in [0.2, 0.25) is 5.91 Å². The first-order chi connectivity index (χ1) is 16.6. The van der Waals surface area contributed by atoms with Crippen LogP contribution in [0.2, 0.25) is 5.02 Å². The Kier molecular flexibility index (Phi) is 5.97. The lowest BCUT2D eigenvalue weighted by Gasteiger charge is -2.32. The Morgan fingerprint density at radius 2 is 1.85 bits per heavy atom. The quantitative estimate of drug-likeness (QED) is 0.447. The standard InChI is InChI=1S/C25H21ClN6O2/c1-34-21-9-5-8-20(14-21)27-24(33)16-31-22(18-10-12-19(26)13-11-18)15-23(17-6-3-2-4-7-17)32-25(31)28-29-30-32/h2-15,23H,16H2,1H3,(H,27,33)/t23-/m0/s1. The summed E-state index contributed by atoms with van der Waals surface area (Å²) < 4.78 is 6.97. The summed E-state index contributed by atoms with van der Waals surface area (Å²) in [6.45, 7) is 0.00749. The van der Waals surface area contributed by atoms with Gasteiger partial charge in [-0.25, -0.2) is 0 Å². The number of fused-ring (bicyclic) bond motifs is 1. The Morgan fingerprint density at radius 1 is 1.06 bits per heavy atom. The normalized spacial score (nSPS) is 14.8. The number of hydrogen-bond acceptors (Lipinski definition) is 6. The number of nitrogens with one attached hydrogen (secondary N) is 1. The van der Waals surface area contributed by atoms with E-state index in [2.05, 4.69) is 26.9 Å². The van der Waals surface area contributed by atoms with E-state index in [1.54, 1.807) is 22.8 Å². The van der Waals surface area contributed by atoms with Crippen LogP contribution in [-0.2, 0) is 4.79 Å². The minimum absolute atomic E-state index is 0.00749. The predicted octanol–water partition coefficient (Wildman–Crippen LogP) is 4.42. The second-order valence-electron chi connectivity index (χ2n) is 7.70. The van der Waals surface area contributed by atoms with Gasteiger partial charge in [-0.2, -0.15) is 4.68 Å². The summed E-state index contributed by atoms with van der Waals surface area (Å²) in [4.78, 5) is 14.9. The molecule has 0 saturated heterocycles. The minimum Gasteiger partial charge on any atom is -0.497 e. The molecule has 0 spiro atoms. The summed E-state index contributed by atoms with van der Waals surface area (Å²) >= 11 is 6.13. The molecule has 1 aliphatic heterocycles. The van der Waals surface area contributed by atoms with E-state index in [0.29, 0.717) is 22.4 Å². The van der Waals surface area contributed by atoms with Gasteiger partial charge in [-0.05, 0) is 51.9 Å². The number of amides is 1. The predicted molar refractivity (Wildman–Crippen MR) is 131 cm³/mol. The molecule has 0 fully saturated rings. The molecule has 1 amide bonds. The summed E-state index contributed by atoms with van der Waals surface area (Å²) in [5, 5.41) is 15.9. The van der Waals surface area contributed by atoms with E-state index < -0.39 is 0 Å². The number of tetrazole rings is 1. The third kappa shape index (κ3) is 4.35. The molecule has 9 heteroatoms. The molecule has 170 valence electrons. The highest BCUT2D eigenvalue weighted by molar-refractivity contribution is 6.30. The van der Waals surface area contributed by atoms with Crippen LogP contribution in [0.1, 0.15) is 17.2 Å². The maximum atomic E-state index is 13.1. The molecular formula is C25H21ClN6O2. The number of anilines is 2. The van der Waals surface area contributed by atoms with Gasteiger partial charge in [0, 0.05) is 16.8 Å². The number of allylic oxidation sites excluding steroid dienone is 1. The smallest absolute Gasteiger partial charge is 0.251 e. The second-order valence-corrected chi connectivity index (χ2v) is 8.14. The Bertz CT molecular complexity index is 1340. The fraction of sp³-hybridized carbons (Fsp3) is 0.120. The molecule has 5 rings (SSSR count). The van der Waals surface area contributed by atoms with Crippen molar-refractivity contribution in [1.29, 1.82) is 0 Å². The van der Waals surface area contributed by atoms with Gasteiger partial charge in [0.05, 0.1) is 12.8 Å². The van der Waals surface area contributed by atoms with Crippen LogP contribution in [0.3, 0.4) is 0 Å². The molecule has 0 saturated carbocycles. The molecule has 1 atom stereocenters. The third-order valence-electron chi connectivity index (χ3n) is 5.52. The molecule has 0 radical (unpaired) electrons. The Morgan fingerprint density at radius 3 is 2.62 bits per heavy atom. The maximum absolute atomic E-state index is 13.1. The first-order valence-electron chi connectivity index (χ1n) is 10.6. The lowest BCUT2D eigenvalue weighted by atomic mass is 10.0. The van der Waals surface area contributed by atoms with Gasteiger partial charge < -0.3 is 10.1 Å². The van der Waals surface area contributed by atoms with Crippen molar-refractivity contribution in [3.8, 4) is 5.75 Å². The van der Waals surface area contributed by atoms with Crippen LogP contribution in [0.25, 0.3) is 5.70 Å². The van der Waals surface area contributed by atoms with Crippen molar-refractivity contribution in [3.05, 3.63) is 101 Å². The zero-order valence-corrected chi connectivity index (χ0v) is 19.1. The third-order valence-corrected chi connectivity index (χ3v) is 5.78. The van der Waals surface area contributed by atoms with E-state index in [1.165, 1.54) is 0 Å². The van der Waals surface area contributed by atoms with E-state index in [0.717, 1.165) is 16.8 Å². The number of nitrogens with zero attached hydrogens (tertiary/aromatic N) is 5. The number of carbonyl (C=O) groups excluding carboxylic acids is 1. The van der Waals surface area contributed by atoms with Crippen molar-refractivity contribution in [2.45, 2.75) is 6.04 Å². The van der Waals surface area contributed by atoms with Crippen LogP contribution < -0.4 is 15.0 Å². The number of carbonyl (C=O) groups is 1. The highest BCUT2D eigenvalue weighted by atomic mass is 35.5. The van der Waals surface area contributed by atoms with Gasteiger partial charge in [-0.3, -0.25) is 9.69 Å². The van der Waals surface area contributed by atoms with E-state index in [9.17, 15) is 4.79 Å². The lowest BCUT2D eigenvalue weighted by molar-refractivity contribution is -0.114. The van der Waals surface area contributed by atoms with Gasteiger partial charge in [0.15, 0.2) is 0 Å². The van der Waals surface area contributed by atoms with Gasteiger partial charge in [0.1, 0.15) is 18.3 Å². The van der Waals surface area contributed by atoms with Crippen LogP contribution >= 0.6 is 11.6 Å². The molecule has 1 aromatic heterocycles. The summed E-state index contributed by atoms with van der Waals surface area (Å²) in [5.74, 6) is 0.912. The highest BCUT2D eigenvalue weighted by Crippen LogP contribution is 2.36. The SMILES string of the molecule is COc1cccc(NC(=O)CN2C(c3ccc(Cl)cc3)=C[C@@H](c3ccccc3)n3nnnc32)c1. The first-order valence-corrected chi connectivity index (χ1v) is 11.0. The Balaban J connectivity index is 1.51. The Hall–Kier alpha value is -4.17. The molecule has 2 heterocycles. The van der Waals surface area contributed by atoms with E-state index in [1.807, 2.05) is 72.8 Å². The molecular weight excluding hydrogens is 452 g/mol. The molecule has 1 N–H and O–H groups in total. The second kappa shape index (κ2) is 9.36. The highest BCUT2D eigenvalue weighted by Gasteiger charge is 2.31. The van der Waals surface area contributed by atoms with Crippen molar-refractivity contribution >= 4 is 34.8 Å². The summed E-state index contributed by atoms with van der Waals surface area (Å²) in [6, 6.07) is 24.4. The van der Waals surface area contributed by atoms with Crippen LogP contribution in [0.5, 0.6) is 5.75 Å². The largest absolute Gasteiger partial charge is 0.497 e. The van der Waals surface area contributed by atoms with Crippen LogP contribution in [0, 0.1) is 0 Å². The molecule has 1 aliphatic rings. The average molecular weight is 473 g/mol. The Labute approximate surface area is 201 Å². The first kappa shape index (κ1) is 21.7. The molecule has 8 nitrogen and oxygen atoms in total. The molecule has 3 aromatic carbocycles.